The molecule has 0 aromatic carbocycles. The van der Waals surface area contributed by atoms with Crippen molar-refractivity contribution >= 4 is 45.6 Å². The Morgan fingerprint density at radius 3 is 2.94 bits per heavy atom. The number of halogens is 2. The van der Waals surface area contributed by atoms with E-state index in [0.717, 1.165) is 0 Å². The first-order chi connectivity index (χ1) is 7.65. The van der Waals surface area contributed by atoms with E-state index in [1.54, 1.807) is 0 Å². The van der Waals surface area contributed by atoms with Crippen LogP contribution in [-0.2, 0) is 11.3 Å². The van der Waals surface area contributed by atoms with Gasteiger partial charge in [-0.15, -0.1) is 15.3 Å². The summed E-state index contributed by atoms with van der Waals surface area (Å²) in [5, 5.41) is 13.9. The SMILES string of the molecule is O=C(Cn1nc(Cl)nc1Cl)Nc1nncs1. The summed E-state index contributed by atoms with van der Waals surface area (Å²) in [5.41, 5.74) is 1.51. The molecule has 1 amide bonds. The molecule has 2 heterocycles. The molecule has 0 fully saturated rings. The molecule has 0 aliphatic rings. The van der Waals surface area contributed by atoms with E-state index in [9.17, 15) is 4.79 Å². The van der Waals surface area contributed by atoms with E-state index < -0.39 is 0 Å². The fourth-order valence-corrected chi connectivity index (χ4v) is 1.77. The monoisotopic (exact) mass is 278 g/mol. The highest BCUT2D eigenvalue weighted by atomic mass is 35.5. The van der Waals surface area contributed by atoms with Crippen LogP contribution in [0.3, 0.4) is 0 Å². The van der Waals surface area contributed by atoms with Gasteiger partial charge in [-0.3, -0.25) is 10.1 Å². The van der Waals surface area contributed by atoms with Crippen LogP contribution in [0, 0.1) is 0 Å². The van der Waals surface area contributed by atoms with E-state index in [4.69, 9.17) is 23.2 Å². The third-order valence-electron chi connectivity index (χ3n) is 1.50. The number of rotatable bonds is 3. The van der Waals surface area contributed by atoms with Crippen LogP contribution in [0.25, 0.3) is 0 Å². The highest BCUT2D eigenvalue weighted by Gasteiger charge is 2.11. The molecule has 1 N–H and O–H groups in total. The van der Waals surface area contributed by atoms with Crippen LogP contribution in [0.5, 0.6) is 0 Å². The smallest absolute Gasteiger partial charge is 0.248 e. The van der Waals surface area contributed by atoms with Gasteiger partial charge < -0.3 is 0 Å². The van der Waals surface area contributed by atoms with Gasteiger partial charge in [0.1, 0.15) is 12.1 Å². The zero-order chi connectivity index (χ0) is 11.5. The first-order valence-corrected chi connectivity index (χ1v) is 5.60. The molecule has 0 aliphatic heterocycles. The second kappa shape index (κ2) is 4.73. The van der Waals surface area contributed by atoms with Gasteiger partial charge in [0.15, 0.2) is 0 Å². The van der Waals surface area contributed by atoms with Crippen molar-refractivity contribution in [3.8, 4) is 0 Å². The molecule has 2 rings (SSSR count). The number of aromatic nitrogens is 5. The van der Waals surface area contributed by atoms with Crippen molar-refractivity contribution < 1.29 is 4.79 Å². The van der Waals surface area contributed by atoms with Crippen molar-refractivity contribution in [2.24, 2.45) is 0 Å². The summed E-state index contributed by atoms with van der Waals surface area (Å²) in [6.45, 7) is -0.0852. The minimum Gasteiger partial charge on any atom is -0.299 e. The van der Waals surface area contributed by atoms with E-state index in [-0.39, 0.29) is 23.0 Å². The summed E-state index contributed by atoms with van der Waals surface area (Å²) in [6.07, 6.45) is 0. The number of nitrogens with zero attached hydrogens (tertiary/aromatic N) is 5. The molecular weight excluding hydrogens is 275 g/mol. The topological polar surface area (TPSA) is 85.6 Å². The van der Waals surface area contributed by atoms with E-state index in [1.807, 2.05) is 0 Å². The summed E-state index contributed by atoms with van der Waals surface area (Å²) >= 11 is 12.4. The predicted molar refractivity (Wildman–Crippen MR) is 58.6 cm³/mol. The number of hydrogen-bond donors (Lipinski definition) is 1. The van der Waals surface area contributed by atoms with E-state index in [0.29, 0.717) is 5.13 Å². The third-order valence-corrected chi connectivity index (χ3v) is 2.55. The van der Waals surface area contributed by atoms with Crippen molar-refractivity contribution in [2.45, 2.75) is 6.54 Å². The van der Waals surface area contributed by atoms with Gasteiger partial charge in [-0.1, -0.05) is 11.3 Å². The Kier molecular flexibility index (Phi) is 3.32. The molecule has 0 bridgehead atoms. The van der Waals surface area contributed by atoms with Gasteiger partial charge in [0.05, 0.1) is 0 Å². The molecule has 0 unspecified atom stereocenters. The van der Waals surface area contributed by atoms with Crippen molar-refractivity contribution in [3.63, 3.8) is 0 Å². The highest BCUT2D eigenvalue weighted by molar-refractivity contribution is 7.13. The van der Waals surface area contributed by atoms with Crippen LogP contribution in [0.2, 0.25) is 10.6 Å². The second-order valence-electron chi connectivity index (χ2n) is 2.60. The van der Waals surface area contributed by atoms with Gasteiger partial charge in [0.25, 0.3) is 0 Å². The van der Waals surface area contributed by atoms with Crippen molar-refractivity contribution in [2.75, 3.05) is 5.32 Å². The summed E-state index contributed by atoms with van der Waals surface area (Å²) in [7, 11) is 0. The normalized spacial score (nSPS) is 10.4. The van der Waals surface area contributed by atoms with Gasteiger partial charge >= 0.3 is 0 Å². The lowest BCUT2D eigenvalue weighted by Gasteiger charge is -2.01. The Labute approximate surface area is 103 Å². The fraction of sp³-hybridized carbons (Fsp3) is 0.167. The van der Waals surface area contributed by atoms with E-state index in [1.165, 1.54) is 21.5 Å². The highest BCUT2D eigenvalue weighted by Crippen LogP contribution is 2.11. The van der Waals surface area contributed by atoms with Crippen LogP contribution < -0.4 is 5.32 Å². The molecule has 7 nitrogen and oxygen atoms in total. The number of nitrogens with one attached hydrogen (secondary N) is 1. The van der Waals surface area contributed by atoms with Gasteiger partial charge in [-0.05, 0) is 23.2 Å². The minimum absolute atomic E-state index is 0.00582. The molecule has 0 radical (unpaired) electrons. The largest absolute Gasteiger partial charge is 0.299 e. The van der Waals surface area contributed by atoms with Crippen LogP contribution in [0.15, 0.2) is 5.51 Å². The number of carbonyl (C=O) groups is 1. The Morgan fingerprint density at radius 1 is 1.56 bits per heavy atom. The lowest BCUT2D eigenvalue weighted by atomic mass is 10.6. The average molecular weight is 279 g/mol. The molecule has 2 aromatic rings. The second-order valence-corrected chi connectivity index (χ2v) is 4.11. The van der Waals surface area contributed by atoms with Crippen molar-refractivity contribution in [1.29, 1.82) is 0 Å². The molecular formula is C6H4Cl2N6OS. The predicted octanol–water partition coefficient (Wildman–Crippen LogP) is 1.08. The zero-order valence-corrected chi connectivity index (χ0v) is 9.92. The molecule has 10 heteroatoms. The first-order valence-electron chi connectivity index (χ1n) is 3.97. The Morgan fingerprint density at radius 2 is 2.38 bits per heavy atom. The number of carbonyl (C=O) groups excluding carboxylic acids is 1. The maximum absolute atomic E-state index is 11.5. The average Bonchev–Trinajstić information content (AvgIpc) is 2.78. The van der Waals surface area contributed by atoms with Crippen molar-refractivity contribution in [1.82, 2.24) is 25.0 Å². The van der Waals surface area contributed by atoms with Gasteiger partial charge in [-0.25, -0.2) is 4.68 Å². The van der Waals surface area contributed by atoms with Crippen molar-refractivity contribution in [3.05, 3.63) is 16.1 Å². The molecule has 0 aliphatic carbocycles. The lowest BCUT2D eigenvalue weighted by molar-refractivity contribution is -0.116. The standard InChI is InChI=1S/C6H4Cl2N6OS/c7-4-11-5(8)14(13-4)1-3(15)10-6-12-9-2-16-6/h2H,1H2,(H,10,12,15). The Bertz CT molecular complexity index is 497. The molecule has 16 heavy (non-hydrogen) atoms. The van der Waals surface area contributed by atoms with Gasteiger partial charge in [0, 0.05) is 0 Å². The lowest BCUT2D eigenvalue weighted by Crippen LogP contribution is -2.19. The molecule has 0 saturated heterocycles. The van der Waals surface area contributed by atoms with Crippen LogP contribution in [0.1, 0.15) is 0 Å². The van der Waals surface area contributed by atoms with Crippen LogP contribution in [0.4, 0.5) is 5.13 Å². The summed E-state index contributed by atoms with van der Waals surface area (Å²) in [6, 6.07) is 0. The summed E-state index contributed by atoms with van der Waals surface area (Å²) < 4.78 is 1.18. The minimum atomic E-state index is -0.333. The van der Waals surface area contributed by atoms with Crippen LogP contribution in [-0.4, -0.2) is 30.9 Å². The van der Waals surface area contributed by atoms with Gasteiger partial charge in [0.2, 0.25) is 21.6 Å². The molecule has 0 spiro atoms. The number of hydrogen-bond acceptors (Lipinski definition) is 6. The quantitative estimate of drug-likeness (QED) is 0.908. The first kappa shape index (κ1) is 11.2. The Hall–Kier alpha value is -1.25. The van der Waals surface area contributed by atoms with E-state index in [2.05, 4.69) is 25.6 Å². The maximum atomic E-state index is 11.5. The Balaban J connectivity index is 2.00. The van der Waals surface area contributed by atoms with Crippen LogP contribution >= 0.6 is 34.5 Å². The molecule has 84 valence electrons. The maximum Gasteiger partial charge on any atom is 0.248 e. The van der Waals surface area contributed by atoms with Gasteiger partial charge in [-0.2, -0.15) is 4.98 Å². The molecule has 2 aromatic heterocycles. The number of anilines is 1. The third kappa shape index (κ3) is 2.65. The summed E-state index contributed by atoms with van der Waals surface area (Å²) in [4.78, 5) is 15.1. The molecule has 0 atom stereocenters. The number of amides is 1. The van der Waals surface area contributed by atoms with E-state index >= 15 is 0 Å². The fourth-order valence-electron chi connectivity index (χ4n) is 0.920. The molecule has 0 saturated carbocycles. The summed E-state index contributed by atoms with van der Waals surface area (Å²) in [5.74, 6) is -0.333. The zero-order valence-electron chi connectivity index (χ0n) is 7.59.